The lowest BCUT2D eigenvalue weighted by Gasteiger charge is -2.26. The van der Waals surface area contributed by atoms with Crippen LogP contribution in [-0.4, -0.2) is 4.57 Å². The minimum atomic E-state index is 0.871. The first kappa shape index (κ1) is 31.2. The topological polar surface area (TPSA) is 21.3 Å². The van der Waals surface area contributed by atoms with E-state index in [2.05, 4.69) is 204 Å². The number of benzene rings is 9. The minimum Gasteiger partial charge on any atom is -0.456 e. The van der Waals surface area contributed by atoms with Crippen LogP contribution in [0.1, 0.15) is 0 Å². The number of para-hydroxylation sites is 3. The van der Waals surface area contributed by atoms with Gasteiger partial charge >= 0.3 is 0 Å². The predicted octanol–water partition coefficient (Wildman–Crippen LogP) is 14.6. The number of fused-ring (bicyclic) bond motifs is 8. The Kier molecular flexibility index (Phi) is 7.17. The summed E-state index contributed by atoms with van der Waals surface area (Å²) in [5.74, 6) is 0. The molecule has 0 N–H and O–H groups in total. The normalized spacial score (nSPS) is 11.6. The van der Waals surface area contributed by atoms with Gasteiger partial charge in [-0.1, -0.05) is 133 Å². The van der Waals surface area contributed by atoms with E-state index in [0.29, 0.717) is 0 Å². The summed E-state index contributed by atoms with van der Waals surface area (Å²) in [6.07, 6.45) is 0. The zero-order valence-electron chi connectivity index (χ0n) is 29.9. The van der Waals surface area contributed by atoms with Gasteiger partial charge in [0, 0.05) is 55.7 Å². The summed E-state index contributed by atoms with van der Waals surface area (Å²) in [5, 5.41) is 7.23. The molecule has 0 bridgehead atoms. The predicted molar refractivity (Wildman–Crippen MR) is 231 cm³/mol. The standard InChI is InChI=1S/C52H34N2O/c1-3-12-35(13-4-1)37-14-11-17-42(33-37)53(43-28-31-47-46-19-8-10-21-50(46)55-51(47)34-43)41-26-22-36(23-27-41)38-24-29-44-39(32-38)25-30-48-45-18-7-9-20-49(45)54(52(44)48)40-15-5-2-6-16-40/h1-34H. The second-order valence-corrected chi connectivity index (χ2v) is 14.2. The van der Waals surface area contributed by atoms with Crippen molar-refractivity contribution >= 4 is 71.6 Å². The average molecular weight is 703 g/mol. The number of hydrogen-bond acceptors (Lipinski definition) is 2. The number of hydrogen-bond donors (Lipinski definition) is 0. The van der Waals surface area contributed by atoms with E-state index in [0.717, 1.165) is 39.0 Å². The van der Waals surface area contributed by atoms with Crippen LogP contribution in [0.15, 0.2) is 211 Å². The SMILES string of the molecule is c1ccc(-c2cccc(N(c3ccc(-c4ccc5c(ccc6c7ccccc7n(-c7ccccc7)c56)c4)cc3)c3ccc4c(c3)oc3ccccc34)c2)cc1. The van der Waals surface area contributed by atoms with Crippen molar-refractivity contribution in [3.63, 3.8) is 0 Å². The van der Waals surface area contributed by atoms with Gasteiger partial charge in [-0.05, 0) is 94.4 Å². The second kappa shape index (κ2) is 12.6. The minimum absolute atomic E-state index is 0.871. The summed E-state index contributed by atoms with van der Waals surface area (Å²) in [7, 11) is 0. The van der Waals surface area contributed by atoms with E-state index in [4.69, 9.17) is 4.42 Å². The summed E-state index contributed by atoms with van der Waals surface area (Å²) in [6, 6.07) is 73.9. The Morgan fingerprint density at radius 1 is 0.345 bits per heavy atom. The molecule has 3 heteroatoms. The number of rotatable bonds is 6. The fourth-order valence-corrected chi connectivity index (χ4v) is 8.37. The maximum absolute atomic E-state index is 6.37. The van der Waals surface area contributed by atoms with Crippen LogP contribution in [0, 0.1) is 0 Å². The van der Waals surface area contributed by atoms with Crippen LogP contribution < -0.4 is 4.90 Å². The average Bonchev–Trinajstić information content (AvgIpc) is 3.80. The third-order valence-electron chi connectivity index (χ3n) is 11.0. The molecule has 0 aliphatic rings. The van der Waals surface area contributed by atoms with E-state index in [9.17, 15) is 0 Å². The first-order valence-electron chi connectivity index (χ1n) is 18.8. The molecule has 0 spiro atoms. The van der Waals surface area contributed by atoms with E-state index >= 15 is 0 Å². The lowest BCUT2D eigenvalue weighted by molar-refractivity contribution is 0.669. The molecule has 11 aromatic rings. The van der Waals surface area contributed by atoms with Crippen LogP contribution in [-0.2, 0) is 0 Å². The molecule has 0 amide bonds. The molecule has 0 unspecified atom stereocenters. The maximum atomic E-state index is 6.37. The fourth-order valence-electron chi connectivity index (χ4n) is 8.37. The molecule has 0 atom stereocenters. The van der Waals surface area contributed by atoms with Crippen molar-refractivity contribution in [1.29, 1.82) is 0 Å². The van der Waals surface area contributed by atoms with Gasteiger partial charge in [-0.2, -0.15) is 0 Å². The van der Waals surface area contributed by atoms with Crippen molar-refractivity contribution in [2.24, 2.45) is 0 Å². The Bertz CT molecular complexity index is 3190. The molecule has 0 aliphatic heterocycles. The third-order valence-corrected chi connectivity index (χ3v) is 11.0. The Morgan fingerprint density at radius 3 is 1.80 bits per heavy atom. The van der Waals surface area contributed by atoms with Crippen molar-refractivity contribution in [3.05, 3.63) is 206 Å². The Morgan fingerprint density at radius 2 is 0.945 bits per heavy atom. The van der Waals surface area contributed by atoms with Crippen LogP contribution in [0.5, 0.6) is 0 Å². The molecule has 2 heterocycles. The molecule has 0 aliphatic carbocycles. The molecule has 0 saturated carbocycles. The van der Waals surface area contributed by atoms with Crippen molar-refractivity contribution in [1.82, 2.24) is 4.57 Å². The second-order valence-electron chi connectivity index (χ2n) is 14.2. The number of nitrogens with zero attached hydrogens (tertiary/aromatic N) is 2. The van der Waals surface area contributed by atoms with E-state index < -0.39 is 0 Å². The molecule has 3 nitrogen and oxygen atoms in total. The molecule has 9 aromatic carbocycles. The van der Waals surface area contributed by atoms with Gasteiger partial charge in [-0.3, -0.25) is 0 Å². The highest BCUT2D eigenvalue weighted by Crippen LogP contribution is 2.41. The molecular formula is C52H34N2O. The molecule has 0 radical (unpaired) electrons. The summed E-state index contributed by atoms with van der Waals surface area (Å²) >= 11 is 0. The van der Waals surface area contributed by atoms with Crippen molar-refractivity contribution in [3.8, 4) is 27.9 Å². The molecule has 55 heavy (non-hydrogen) atoms. The zero-order valence-corrected chi connectivity index (χ0v) is 29.9. The Labute approximate surface area is 318 Å². The van der Waals surface area contributed by atoms with Crippen LogP contribution in [0.2, 0.25) is 0 Å². The van der Waals surface area contributed by atoms with Gasteiger partial charge in [0.05, 0.1) is 11.0 Å². The van der Waals surface area contributed by atoms with E-state index in [1.165, 1.54) is 60.5 Å². The molecular weight excluding hydrogens is 669 g/mol. The summed E-state index contributed by atoms with van der Waals surface area (Å²) in [4.78, 5) is 2.32. The first-order valence-corrected chi connectivity index (χ1v) is 18.8. The summed E-state index contributed by atoms with van der Waals surface area (Å²) < 4.78 is 8.78. The van der Waals surface area contributed by atoms with E-state index in [1.54, 1.807) is 0 Å². The number of aromatic nitrogens is 1. The van der Waals surface area contributed by atoms with Gasteiger partial charge < -0.3 is 13.9 Å². The lowest BCUT2D eigenvalue weighted by Crippen LogP contribution is -2.10. The van der Waals surface area contributed by atoms with Gasteiger partial charge in [0.2, 0.25) is 0 Å². The van der Waals surface area contributed by atoms with Gasteiger partial charge in [0.25, 0.3) is 0 Å². The van der Waals surface area contributed by atoms with Crippen LogP contribution in [0.3, 0.4) is 0 Å². The molecule has 2 aromatic heterocycles. The van der Waals surface area contributed by atoms with Crippen molar-refractivity contribution in [2.75, 3.05) is 4.90 Å². The fraction of sp³-hybridized carbons (Fsp3) is 0. The van der Waals surface area contributed by atoms with Crippen LogP contribution in [0.25, 0.3) is 82.5 Å². The van der Waals surface area contributed by atoms with Gasteiger partial charge in [0.1, 0.15) is 11.2 Å². The Hall–Kier alpha value is -7.36. The highest BCUT2D eigenvalue weighted by Gasteiger charge is 2.18. The summed E-state index contributed by atoms with van der Waals surface area (Å²) in [6.45, 7) is 0. The number of anilines is 3. The monoisotopic (exact) mass is 702 g/mol. The first-order chi connectivity index (χ1) is 27.3. The number of furan rings is 1. The van der Waals surface area contributed by atoms with Gasteiger partial charge in [-0.15, -0.1) is 0 Å². The van der Waals surface area contributed by atoms with Crippen LogP contribution in [0.4, 0.5) is 17.1 Å². The smallest absolute Gasteiger partial charge is 0.137 e. The highest BCUT2D eigenvalue weighted by molar-refractivity contribution is 6.19. The maximum Gasteiger partial charge on any atom is 0.137 e. The largest absolute Gasteiger partial charge is 0.456 e. The molecule has 0 fully saturated rings. The zero-order chi connectivity index (χ0) is 36.3. The van der Waals surface area contributed by atoms with Crippen LogP contribution >= 0.6 is 0 Å². The third kappa shape index (κ3) is 5.20. The molecule has 258 valence electrons. The van der Waals surface area contributed by atoms with Crippen molar-refractivity contribution in [2.45, 2.75) is 0 Å². The van der Waals surface area contributed by atoms with Gasteiger partial charge in [0.15, 0.2) is 0 Å². The highest BCUT2D eigenvalue weighted by atomic mass is 16.3. The molecule has 0 saturated heterocycles. The van der Waals surface area contributed by atoms with E-state index in [-0.39, 0.29) is 0 Å². The quantitative estimate of drug-likeness (QED) is 0.172. The van der Waals surface area contributed by atoms with E-state index in [1.807, 2.05) is 12.1 Å². The summed E-state index contributed by atoms with van der Waals surface area (Å²) in [5.41, 5.74) is 13.3. The lowest BCUT2D eigenvalue weighted by atomic mass is 9.99. The van der Waals surface area contributed by atoms with Crippen molar-refractivity contribution < 1.29 is 4.42 Å². The Balaban J connectivity index is 1.02. The molecule has 11 rings (SSSR count). The van der Waals surface area contributed by atoms with Gasteiger partial charge in [-0.25, -0.2) is 0 Å².